The van der Waals surface area contributed by atoms with Gasteiger partial charge in [-0.25, -0.2) is 15.0 Å². The Morgan fingerprint density at radius 1 is 0.683 bits per heavy atom. The fraction of sp³-hybridized carbons (Fsp3) is 0.516. The fourth-order valence-electron chi connectivity index (χ4n) is 3.90. The standard InChI is InChI=1S/C31H43N3O7/c1-5-7-13-38-17-23(35)19-40-25-9-11-27(21(3)15-25)30-32-22(4)33-31(34-30)28-12-10-26(16-29(28)37)41-20-24(36)18-39-14-8-6-2/h9-12,15-16,23-24,35-37H,5-8,13-14,17-20H2,1-4H3. The first-order valence-corrected chi connectivity index (χ1v) is 14.2. The minimum absolute atomic E-state index is 0.0462. The van der Waals surface area contributed by atoms with Gasteiger partial charge in [0.25, 0.3) is 0 Å². The summed E-state index contributed by atoms with van der Waals surface area (Å²) in [5, 5.41) is 30.9. The van der Waals surface area contributed by atoms with Crippen LogP contribution in [-0.2, 0) is 9.47 Å². The molecule has 41 heavy (non-hydrogen) atoms. The largest absolute Gasteiger partial charge is 0.507 e. The molecule has 2 unspecified atom stereocenters. The number of phenols is 1. The zero-order chi connectivity index (χ0) is 29.6. The van der Waals surface area contributed by atoms with Crippen LogP contribution in [0, 0.1) is 13.8 Å². The minimum atomic E-state index is -0.767. The molecule has 2 aromatic carbocycles. The first-order valence-electron chi connectivity index (χ1n) is 14.2. The molecule has 0 aliphatic rings. The molecule has 0 radical (unpaired) electrons. The molecule has 3 aromatic rings. The Morgan fingerprint density at radius 3 is 1.71 bits per heavy atom. The smallest absolute Gasteiger partial charge is 0.167 e. The molecule has 10 heteroatoms. The average molecular weight is 570 g/mol. The van der Waals surface area contributed by atoms with E-state index in [-0.39, 0.29) is 32.2 Å². The van der Waals surface area contributed by atoms with Gasteiger partial charge in [-0.1, -0.05) is 26.7 Å². The van der Waals surface area contributed by atoms with Crippen LogP contribution in [0.4, 0.5) is 0 Å². The van der Waals surface area contributed by atoms with Gasteiger partial charge < -0.3 is 34.3 Å². The van der Waals surface area contributed by atoms with Crippen LogP contribution in [0.3, 0.4) is 0 Å². The molecule has 224 valence electrons. The summed E-state index contributed by atoms with van der Waals surface area (Å²) in [6, 6.07) is 10.4. The number of aryl methyl sites for hydroxylation is 2. The van der Waals surface area contributed by atoms with Gasteiger partial charge in [0.1, 0.15) is 48.5 Å². The van der Waals surface area contributed by atoms with Gasteiger partial charge in [-0.3, -0.25) is 0 Å². The maximum Gasteiger partial charge on any atom is 0.167 e. The van der Waals surface area contributed by atoms with E-state index in [1.807, 2.05) is 19.1 Å². The third kappa shape index (κ3) is 10.6. The van der Waals surface area contributed by atoms with E-state index >= 15 is 0 Å². The van der Waals surface area contributed by atoms with Crippen molar-refractivity contribution >= 4 is 0 Å². The van der Waals surface area contributed by atoms with Crippen LogP contribution in [0.1, 0.15) is 50.9 Å². The average Bonchev–Trinajstić information content (AvgIpc) is 2.95. The van der Waals surface area contributed by atoms with Gasteiger partial charge in [-0.05, 0) is 62.6 Å². The van der Waals surface area contributed by atoms with Crippen LogP contribution in [0.15, 0.2) is 36.4 Å². The maximum atomic E-state index is 10.7. The molecular formula is C31H43N3O7. The van der Waals surface area contributed by atoms with E-state index in [4.69, 9.17) is 18.9 Å². The number of aromatic nitrogens is 3. The van der Waals surface area contributed by atoms with Crippen molar-refractivity contribution in [3.63, 3.8) is 0 Å². The molecule has 1 aromatic heterocycles. The Bertz CT molecular complexity index is 1130. The summed E-state index contributed by atoms with van der Waals surface area (Å²) in [6.45, 7) is 9.70. The van der Waals surface area contributed by atoms with Crippen molar-refractivity contribution in [1.29, 1.82) is 0 Å². The lowest BCUT2D eigenvalue weighted by Crippen LogP contribution is -2.23. The number of phenolic OH excluding ortho intramolecular Hbond substituents is 1. The summed E-state index contributed by atoms with van der Waals surface area (Å²) < 4.78 is 22.2. The summed E-state index contributed by atoms with van der Waals surface area (Å²) in [6.07, 6.45) is 2.51. The Balaban J connectivity index is 1.65. The number of nitrogens with zero attached hydrogens (tertiary/aromatic N) is 3. The van der Waals surface area contributed by atoms with Crippen LogP contribution < -0.4 is 9.47 Å². The molecule has 3 rings (SSSR count). The summed E-state index contributed by atoms with van der Waals surface area (Å²) in [4.78, 5) is 13.6. The second-order valence-electron chi connectivity index (χ2n) is 9.97. The predicted molar refractivity (Wildman–Crippen MR) is 156 cm³/mol. The number of unbranched alkanes of at least 4 members (excludes halogenated alkanes) is 2. The Kier molecular flexibility index (Phi) is 13.2. The van der Waals surface area contributed by atoms with E-state index in [0.717, 1.165) is 36.8 Å². The quantitative estimate of drug-likeness (QED) is 0.186. The van der Waals surface area contributed by atoms with Gasteiger partial charge in [0.15, 0.2) is 11.6 Å². The summed E-state index contributed by atoms with van der Waals surface area (Å²) >= 11 is 0. The van der Waals surface area contributed by atoms with Crippen molar-refractivity contribution in [3.05, 3.63) is 47.8 Å². The monoisotopic (exact) mass is 569 g/mol. The zero-order valence-corrected chi connectivity index (χ0v) is 24.5. The Morgan fingerprint density at radius 2 is 1.20 bits per heavy atom. The van der Waals surface area contributed by atoms with Gasteiger partial charge in [0.05, 0.1) is 18.8 Å². The summed E-state index contributed by atoms with van der Waals surface area (Å²) in [7, 11) is 0. The number of aromatic hydroxyl groups is 1. The number of ether oxygens (including phenoxy) is 4. The van der Waals surface area contributed by atoms with Crippen molar-refractivity contribution in [1.82, 2.24) is 15.0 Å². The normalized spacial score (nSPS) is 12.7. The lowest BCUT2D eigenvalue weighted by Gasteiger charge is -2.15. The van der Waals surface area contributed by atoms with Crippen LogP contribution >= 0.6 is 0 Å². The number of hydrogen-bond acceptors (Lipinski definition) is 10. The van der Waals surface area contributed by atoms with E-state index in [0.29, 0.717) is 47.7 Å². The first-order chi connectivity index (χ1) is 19.8. The molecule has 0 fully saturated rings. The van der Waals surface area contributed by atoms with Crippen molar-refractivity contribution in [2.45, 2.75) is 65.6 Å². The molecule has 0 bridgehead atoms. The summed E-state index contributed by atoms with van der Waals surface area (Å²) in [5.74, 6) is 2.27. The van der Waals surface area contributed by atoms with Gasteiger partial charge in [0, 0.05) is 24.8 Å². The lowest BCUT2D eigenvalue weighted by molar-refractivity contribution is 0.0113. The number of aliphatic hydroxyl groups is 2. The molecule has 10 nitrogen and oxygen atoms in total. The molecule has 0 amide bonds. The highest BCUT2D eigenvalue weighted by atomic mass is 16.5. The highest BCUT2D eigenvalue weighted by Gasteiger charge is 2.15. The Labute approximate surface area is 242 Å². The van der Waals surface area contributed by atoms with Crippen LogP contribution in [0.25, 0.3) is 22.8 Å². The van der Waals surface area contributed by atoms with Gasteiger partial charge in [-0.15, -0.1) is 0 Å². The molecule has 0 saturated carbocycles. The van der Waals surface area contributed by atoms with Crippen molar-refractivity contribution in [3.8, 4) is 40.0 Å². The molecule has 3 N–H and O–H groups in total. The van der Waals surface area contributed by atoms with Crippen molar-refractivity contribution < 1.29 is 34.3 Å². The lowest BCUT2D eigenvalue weighted by atomic mass is 10.1. The SMILES string of the molecule is CCCCOCC(O)COc1ccc(-c2nc(C)nc(-c3ccc(OCC(O)COCCCC)cc3O)n2)c(C)c1. The third-order valence-electron chi connectivity index (χ3n) is 6.19. The maximum absolute atomic E-state index is 10.7. The molecule has 1 heterocycles. The van der Waals surface area contributed by atoms with E-state index in [1.165, 1.54) is 6.07 Å². The number of hydrogen-bond donors (Lipinski definition) is 3. The second kappa shape index (κ2) is 16.8. The topological polar surface area (TPSA) is 136 Å². The molecule has 0 spiro atoms. The van der Waals surface area contributed by atoms with E-state index < -0.39 is 12.2 Å². The third-order valence-corrected chi connectivity index (χ3v) is 6.19. The van der Waals surface area contributed by atoms with E-state index in [1.54, 1.807) is 25.1 Å². The van der Waals surface area contributed by atoms with E-state index in [9.17, 15) is 15.3 Å². The zero-order valence-electron chi connectivity index (χ0n) is 24.5. The molecule has 0 aliphatic carbocycles. The van der Waals surface area contributed by atoms with Gasteiger partial charge >= 0.3 is 0 Å². The number of rotatable bonds is 18. The minimum Gasteiger partial charge on any atom is -0.507 e. The first kappa shape index (κ1) is 32.2. The van der Waals surface area contributed by atoms with Crippen LogP contribution in [-0.4, -0.2) is 82.1 Å². The highest BCUT2D eigenvalue weighted by Crippen LogP contribution is 2.32. The number of aliphatic hydroxyl groups excluding tert-OH is 2. The molecule has 2 atom stereocenters. The number of benzene rings is 2. The van der Waals surface area contributed by atoms with Crippen molar-refractivity contribution in [2.75, 3.05) is 39.6 Å². The van der Waals surface area contributed by atoms with E-state index in [2.05, 4.69) is 28.8 Å². The fourth-order valence-corrected chi connectivity index (χ4v) is 3.90. The molecule has 0 aliphatic heterocycles. The summed E-state index contributed by atoms with van der Waals surface area (Å²) in [5.41, 5.74) is 2.11. The van der Waals surface area contributed by atoms with Crippen LogP contribution in [0.5, 0.6) is 17.2 Å². The Hall–Kier alpha value is -3.31. The van der Waals surface area contributed by atoms with Gasteiger partial charge in [-0.2, -0.15) is 0 Å². The molecular weight excluding hydrogens is 526 g/mol. The van der Waals surface area contributed by atoms with Crippen LogP contribution in [0.2, 0.25) is 0 Å². The second-order valence-corrected chi connectivity index (χ2v) is 9.97. The highest BCUT2D eigenvalue weighted by molar-refractivity contribution is 5.68. The van der Waals surface area contributed by atoms with Crippen molar-refractivity contribution in [2.24, 2.45) is 0 Å². The molecule has 0 saturated heterocycles. The predicted octanol–water partition coefficient (Wildman–Crippen LogP) is 4.64. The van der Waals surface area contributed by atoms with Gasteiger partial charge in [0.2, 0.25) is 0 Å².